The normalized spacial score (nSPS) is 15.1. The molecule has 0 radical (unpaired) electrons. The van der Waals surface area contributed by atoms with Gasteiger partial charge in [-0.3, -0.25) is 14.3 Å². The molecule has 0 atom stereocenters. The Morgan fingerprint density at radius 3 is 2.78 bits per heavy atom. The van der Waals surface area contributed by atoms with Crippen LogP contribution in [0.2, 0.25) is 5.02 Å². The second-order valence-corrected chi connectivity index (χ2v) is 9.27. The van der Waals surface area contributed by atoms with Crippen LogP contribution in [0, 0.1) is 11.6 Å². The lowest BCUT2D eigenvalue weighted by molar-refractivity contribution is 0.0734. The lowest BCUT2D eigenvalue weighted by Gasteiger charge is -2.20. The van der Waals surface area contributed by atoms with Gasteiger partial charge in [-0.15, -0.1) is 0 Å². The highest BCUT2D eigenvalue weighted by Gasteiger charge is 2.22. The first-order valence-electron chi connectivity index (χ1n) is 12.3. The van der Waals surface area contributed by atoms with E-state index in [2.05, 4.69) is 15.1 Å². The predicted molar refractivity (Wildman–Crippen MR) is 133 cm³/mol. The van der Waals surface area contributed by atoms with Crippen molar-refractivity contribution in [2.75, 3.05) is 0 Å². The maximum absolute atomic E-state index is 14.3. The zero-order valence-corrected chi connectivity index (χ0v) is 20.5. The number of allylic oxidation sites excluding steroid dienone is 1. The molecule has 0 unspecified atom stereocenters. The number of halogens is 3. The number of rotatable bonds is 5. The average molecular weight is 528 g/mol. The molecule has 0 saturated heterocycles. The van der Waals surface area contributed by atoms with Crippen LogP contribution in [0.4, 0.5) is 8.78 Å². The Morgan fingerprint density at radius 1 is 1.24 bits per heavy atom. The number of hydrogen-bond donors (Lipinski definition) is 1. The molecule has 5 heterocycles. The fraction of sp³-hybridized carbons (Fsp3) is 0.231. The minimum atomic E-state index is -2.86. The summed E-state index contributed by atoms with van der Waals surface area (Å²) in [6, 6.07) is 5.20. The maximum atomic E-state index is 14.3. The van der Waals surface area contributed by atoms with Gasteiger partial charge in [0.2, 0.25) is 0 Å². The minimum Gasteiger partial charge on any atom is -0.485 e. The monoisotopic (exact) mass is 527 g/mol. The van der Waals surface area contributed by atoms with Crippen LogP contribution in [-0.2, 0) is 18.6 Å². The van der Waals surface area contributed by atoms with E-state index in [4.69, 9.17) is 19.1 Å². The molecule has 0 saturated carbocycles. The van der Waals surface area contributed by atoms with E-state index in [0.717, 1.165) is 0 Å². The number of fused-ring (bicyclic) bond motifs is 3. The van der Waals surface area contributed by atoms with Gasteiger partial charge in [-0.25, -0.2) is 18.4 Å². The van der Waals surface area contributed by atoms with Gasteiger partial charge in [0, 0.05) is 41.9 Å². The van der Waals surface area contributed by atoms with Crippen molar-refractivity contribution in [3.63, 3.8) is 0 Å². The molecule has 0 fully saturated rings. The first-order valence-corrected chi connectivity index (χ1v) is 11.6. The summed E-state index contributed by atoms with van der Waals surface area (Å²) in [5.41, 5.74) is -0.710. The van der Waals surface area contributed by atoms with E-state index in [0.29, 0.717) is 53.6 Å². The number of hydrogen-bond acceptors (Lipinski definition) is 6. The van der Waals surface area contributed by atoms with E-state index in [1.165, 1.54) is 15.3 Å². The van der Waals surface area contributed by atoms with Crippen LogP contribution < -0.4 is 10.3 Å². The Labute approximate surface area is 218 Å². The number of ether oxygens (including phenoxy) is 1. The van der Waals surface area contributed by atoms with Crippen LogP contribution in [0.1, 0.15) is 45.7 Å². The van der Waals surface area contributed by atoms with Crippen molar-refractivity contribution in [2.45, 2.75) is 38.8 Å². The fourth-order valence-electron chi connectivity index (χ4n) is 3.84. The zero-order chi connectivity index (χ0) is 28.1. The molecule has 1 aliphatic heterocycles. The summed E-state index contributed by atoms with van der Waals surface area (Å²) in [7, 11) is 0. The number of aromatic nitrogens is 5. The van der Waals surface area contributed by atoms with Crippen LogP contribution in [0.25, 0.3) is 17.6 Å². The van der Waals surface area contributed by atoms with Gasteiger partial charge in [0.15, 0.2) is 11.6 Å². The van der Waals surface area contributed by atoms with Crippen molar-refractivity contribution in [3.8, 4) is 17.3 Å². The molecule has 0 aromatic carbocycles. The van der Waals surface area contributed by atoms with Crippen LogP contribution >= 0.6 is 11.6 Å². The Balaban J connectivity index is 1.61. The van der Waals surface area contributed by atoms with Gasteiger partial charge >= 0.3 is 0 Å². The third-order valence-corrected chi connectivity index (χ3v) is 6.06. The summed E-state index contributed by atoms with van der Waals surface area (Å²) < 4.78 is 52.2. The molecule has 1 aliphatic rings. The lowest BCUT2D eigenvalue weighted by Crippen LogP contribution is -2.25. The van der Waals surface area contributed by atoms with E-state index in [1.54, 1.807) is 38.4 Å². The molecule has 8 nitrogen and oxygen atoms in total. The number of aryl methyl sites for hydroxylation is 1. The van der Waals surface area contributed by atoms with Crippen LogP contribution in [0.15, 0.2) is 53.7 Å². The molecule has 0 spiro atoms. The summed E-state index contributed by atoms with van der Waals surface area (Å²) in [5.74, 6) is -2.16. The van der Waals surface area contributed by atoms with Gasteiger partial charge < -0.3 is 9.84 Å². The standard InChI is InChI=1S/C26H22ClF2N5O3/c1-26(2,36)22-7-8-33(32-22)23-11-20-15(12-31-23)5-3-4-6-17-10-21(24(27)25(35)34(17)20)37-14-19-18(29)9-16(28)13-30-19/h3,5,7-13,36H,4,6,14H2,1-2H3/b5-3-/i14D2. The largest absolute Gasteiger partial charge is 0.485 e. The predicted octanol–water partition coefficient (Wildman–Crippen LogP) is 4.51. The van der Waals surface area contributed by atoms with Crippen molar-refractivity contribution in [3.05, 3.63) is 98.6 Å². The van der Waals surface area contributed by atoms with E-state index >= 15 is 0 Å². The van der Waals surface area contributed by atoms with Gasteiger partial charge in [0.25, 0.3) is 5.56 Å². The van der Waals surface area contributed by atoms with Gasteiger partial charge in [0.05, 0.1) is 20.3 Å². The molecule has 11 heteroatoms. The number of pyridine rings is 3. The Morgan fingerprint density at radius 2 is 2.05 bits per heavy atom. The van der Waals surface area contributed by atoms with Crippen molar-refractivity contribution in [1.29, 1.82) is 0 Å². The Bertz CT molecular complexity index is 1680. The third kappa shape index (κ3) is 4.90. The van der Waals surface area contributed by atoms with Crippen molar-refractivity contribution in [1.82, 2.24) is 24.3 Å². The quantitative estimate of drug-likeness (QED) is 0.410. The van der Waals surface area contributed by atoms with Gasteiger partial charge in [-0.2, -0.15) is 5.10 Å². The molecule has 0 bridgehead atoms. The van der Waals surface area contributed by atoms with Crippen molar-refractivity contribution < 1.29 is 21.4 Å². The second-order valence-electron chi connectivity index (χ2n) is 8.89. The first-order chi connectivity index (χ1) is 18.3. The first kappa shape index (κ1) is 22.3. The Kier molecular flexibility index (Phi) is 5.75. The molecule has 4 aromatic heterocycles. The smallest absolute Gasteiger partial charge is 0.277 e. The third-order valence-electron chi connectivity index (χ3n) is 5.71. The molecule has 4 aromatic rings. The zero-order valence-electron chi connectivity index (χ0n) is 21.7. The average Bonchev–Trinajstić information content (AvgIpc) is 3.35. The summed E-state index contributed by atoms with van der Waals surface area (Å²) in [6.45, 7) is 0.360. The minimum absolute atomic E-state index is 0.314. The highest BCUT2D eigenvalue weighted by Crippen LogP contribution is 2.29. The van der Waals surface area contributed by atoms with E-state index in [9.17, 15) is 18.7 Å². The number of aliphatic hydroxyl groups is 1. The molecule has 37 heavy (non-hydrogen) atoms. The molecule has 5 rings (SSSR count). The highest BCUT2D eigenvalue weighted by molar-refractivity contribution is 6.31. The van der Waals surface area contributed by atoms with Gasteiger partial charge in [-0.05, 0) is 32.8 Å². The van der Waals surface area contributed by atoms with E-state index in [-0.39, 0.29) is 5.75 Å². The molecular weight excluding hydrogens is 504 g/mol. The van der Waals surface area contributed by atoms with Gasteiger partial charge in [0.1, 0.15) is 34.4 Å². The fourth-order valence-corrected chi connectivity index (χ4v) is 4.02. The SMILES string of the molecule is [2H]C([2H])(Oc1cc2n(c(=O)c1Cl)-c1cc(-n3ccc(C(C)(C)O)n3)ncc1/C=C\CC2)c1ncc(F)cc1F. The topological polar surface area (TPSA) is 95.1 Å². The summed E-state index contributed by atoms with van der Waals surface area (Å²) in [6.07, 6.45) is 8.51. The van der Waals surface area contributed by atoms with Crippen molar-refractivity contribution in [2.24, 2.45) is 0 Å². The molecular formula is C26H22ClF2N5O3. The molecule has 0 amide bonds. The van der Waals surface area contributed by atoms with Gasteiger partial charge in [-0.1, -0.05) is 23.8 Å². The van der Waals surface area contributed by atoms with Crippen LogP contribution in [0.5, 0.6) is 5.75 Å². The summed E-state index contributed by atoms with van der Waals surface area (Å²) in [5, 5.41) is 14.2. The summed E-state index contributed by atoms with van der Waals surface area (Å²) in [4.78, 5) is 21.5. The highest BCUT2D eigenvalue weighted by atomic mass is 35.5. The van der Waals surface area contributed by atoms with Crippen molar-refractivity contribution >= 4 is 17.7 Å². The van der Waals surface area contributed by atoms with E-state index < -0.39 is 40.1 Å². The van der Waals surface area contributed by atoms with Crippen LogP contribution in [0.3, 0.4) is 0 Å². The second kappa shape index (κ2) is 9.53. The molecule has 0 aliphatic carbocycles. The molecule has 190 valence electrons. The van der Waals surface area contributed by atoms with Crippen LogP contribution in [-0.4, -0.2) is 29.4 Å². The summed E-state index contributed by atoms with van der Waals surface area (Å²) >= 11 is 6.38. The number of nitrogens with zero attached hydrogens (tertiary/aromatic N) is 5. The molecule has 1 N–H and O–H groups in total. The lowest BCUT2D eigenvalue weighted by atomic mass is 10.1. The Hall–Kier alpha value is -3.89. The maximum Gasteiger partial charge on any atom is 0.277 e. The van der Waals surface area contributed by atoms with E-state index in [1.807, 2.05) is 12.2 Å².